The number of fused-ring (bicyclic) bond motifs is 2. The van der Waals surface area contributed by atoms with Crippen LogP contribution < -0.4 is 5.32 Å². The van der Waals surface area contributed by atoms with Crippen LogP contribution in [0.5, 0.6) is 0 Å². The summed E-state index contributed by atoms with van der Waals surface area (Å²) in [7, 11) is 0. The molecule has 34 heavy (non-hydrogen) atoms. The molecule has 7 nitrogen and oxygen atoms in total. The standard InChI is InChI=1S/C25H29FN4O3S/c1-5-21-28-13-20(34-21)14-7-9-17(18(26)11-14)19(12-27)29-23(31)22-15-6-8-16(10-15)30(22)24(32)33-25(2,3)4/h7,9,11,13,15-16,19,22H,5-6,8,10H2,1-4H3,(H,29,31)/t15?,16-,19?,22+/m1/s1. The van der Waals surface area contributed by atoms with E-state index in [0.29, 0.717) is 5.56 Å². The Labute approximate surface area is 202 Å². The molecule has 1 aromatic heterocycles. The number of nitrogens with one attached hydrogen (secondary N) is 1. The van der Waals surface area contributed by atoms with Crippen LogP contribution in [-0.4, -0.2) is 39.6 Å². The smallest absolute Gasteiger partial charge is 0.411 e. The van der Waals surface area contributed by atoms with E-state index in [2.05, 4.69) is 10.3 Å². The van der Waals surface area contributed by atoms with Crippen LogP contribution in [0, 0.1) is 23.1 Å². The van der Waals surface area contributed by atoms with Crippen molar-refractivity contribution in [2.24, 2.45) is 5.92 Å². The lowest BCUT2D eigenvalue weighted by atomic mass is 9.97. The number of carbonyl (C=O) groups is 2. The first kappa shape index (κ1) is 24.1. The molecule has 9 heteroatoms. The molecule has 2 heterocycles. The van der Waals surface area contributed by atoms with E-state index in [9.17, 15) is 14.9 Å². The Morgan fingerprint density at radius 2 is 2.15 bits per heavy atom. The quantitative estimate of drug-likeness (QED) is 0.646. The Morgan fingerprint density at radius 1 is 1.38 bits per heavy atom. The first-order chi connectivity index (χ1) is 16.1. The summed E-state index contributed by atoms with van der Waals surface area (Å²) in [6.45, 7) is 7.35. The number of nitrogens with zero attached hydrogens (tertiary/aromatic N) is 3. The van der Waals surface area contributed by atoms with Crippen molar-refractivity contribution in [3.8, 4) is 16.5 Å². The van der Waals surface area contributed by atoms with Gasteiger partial charge in [-0.15, -0.1) is 11.3 Å². The number of rotatable bonds is 5. The van der Waals surface area contributed by atoms with Gasteiger partial charge in [-0.05, 0) is 64.0 Å². The summed E-state index contributed by atoms with van der Waals surface area (Å²) in [6, 6.07) is 4.66. The summed E-state index contributed by atoms with van der Waals surface area (Å²) in [6.07, 6.45) is 4.37. The number of hydrogen-bond acceptors (Lipinski definition) is 6. The molecule has 2 amide bonds. The van der Waals surface area contributed by atoms with Crippen LogP contribution in [0.2, 0.25) is 0 Å². The highest BCUT2D eigenvalue weighted by Gasteiger charge is 2.52. The highest BCUT2D eigenvalue weighted by atomic mass is 32.1. The molecule has 1 saturated heterocycles. The van der Waals surface area contributed by atoms with E-state index in [0.717, 1.165) is 35.6 Å². The van der Waals surface area contributed by atoms with Crippen molar-refractivity contribution in [1.82, 2.24) is 15.2 Å². The number of hydrogen-bond donors (Lipinski definition) is 1. The summed E-state index contributed by atoms with van der Waals surface area (Å²) in [5.74, 6) is -1.03. The van der Waals surface area contributed by atoms with Crippen LogP contribution in [0.4, 0.5) is 9.18 Å². The fourth-order valence-corrected chi connectivity index (χ4v) is 5.69. The van der Waals surface area contributed by atoms with Gasteiger partial charge in [-0.25, -0.2) is 14.2 Å². The topological polar surface area (TPSA) is 95.3 Å². The number of halogens is 1. The Bertz CT molecular complexity index is 1140. The molecule has 2 bridgehead atoms. The van der Waals surface area contributed by atoms with Crippen LogP contribution in [0.15, 0.2) is 24.4 Å². The number of aromatic nitrogens is 1. The van der Waals surface area contributed by atoms with Crippen molar-refractivity contribution in [2.45, 2.75) is 77.1 Å². The van der Waals surface area contributed by atoms with Crippen molar-refractivity contribution in [1.29, 1.82) is 5.26 Å². The van der Waals surface area contributed by atoms with Gasteiger partial charge in [0.1, 0.15) is 23.5 Å². The van der Waals surface area contributed by atoms with Gasteiger partial charge >= 0.3 is 6.09 Å². The van der Waals surface area contributed by atoms with Crippen molar-refractivity contribution >= 4 is 23.3 Å². The van der Waals surface area contributed by atoms with Gasteiger partial charge < -0.3 is 10.1 Å². The van der Waals surface area contributed by atoms with Crippen LogP contribution in [0.3, 0.4) is 0 Å². The van der Waals surface area contributed by atoms with Gasteiger partial charge in [0, 0.05) is 17.8 Å². The third kappa shape index (κ3) is 4.78. The number of amides is 2. The molecular formula is C25H29FN4O3S. The van der Waals surface area contributed by atoms with Crippen LogP contribution in [-0.2, 0) is 16.0 Å². The van der Waals surface area contributed by atoms with Gasteiger partial charge in [-0.1, -0.05) is 19.1 Å². The van der Waals surface area contributed by atoms with Crippen molar-refractivity contribution in [2.75, 3.05) is 0 Å². The second-order valence-corrected chi connectivity index (χ2v) is 11.0. The fourth-order valence-electron chi connectivity index (χ4n) is 4.83. The Hall–Kier alpha value is -2.99. The van der Waals surface area contributed by atoms with Gasteiger partial charge in [-0.3, -0.25) is 9.69 Å². The number of thiazole rings is 1. The molecule has 2 unspecified atom stereocenters. The van der Waals surface area contributed by atoms with E-state index in [4.69, 9.17) is 4.74 Å². The van der Waals surface area contributed by atoms with E-state index in [1.807, 2.05) is 13.0 Å². The second-order valence-electron chi connectivity index (χ2n) is 9.84. The lowest BCUT2D eigenvalue weighted by Gasteiger charge is -2.35. The van der Waals surface area contributed by atoms with E-state index in [1.54, 1.807) is 33.0 Å². The molecule has 2 aliphatic rings. The lowest BCUT2D eigenvalue weighted by Crippen LogP contribution is -2.54. The molecule has 0 spiro atoms. The summed E-state index contributed by atoms with van der Waals surface area (Å²) < 4.78 is 20.6. The highest BCUT2D eigenvalue weighted by molar-refractivity contribution is 7.15. The van der Waals surface area contributed by atoms with E-state index in [-0.39, 0.29) is 17.5 Å². The van der Waals surface area contributed by atoms with E-state index in [1.165, 1.54) is 28.4 Å². The van der Waals surface area contributed by atoms with Gasteiger partial charge in [-0.2, -0.15) is 5.26 Å². The second kappa shape index (κ2) is 9.34. The number of ether oxygens (including phenoxy) is 1. The molecule has 2 aromatic rings. The number of carbonyl (C=O) groups excluding carboxylic acids is 2. The monoisotopic (exact) mass is 484 g/mol. The maximum Gasteiger partial charge on any atom is 0.411 e. The van der Waals surface area contributed by atoms with Gasteiger partial charge in [0.25, 0.3) is 0 Å². The molecule has 1 aliphatic heterocycles. The number of aryl methyl sites for hydroxylation is 1. The fraction of sp³-hybridized carbons (Fsp3) is 0.520. The molecule has 2 fully saturated rings. The molecule has 1 saturated carbocycles. The molecule has 0 radical (unpaired) electrons. The Morgan fingerprint density at radius 3 is 2.76 bits per heavy atom. The number of benzene rings is 1. The average Bonchev–Trinajstić information content (AvgIpc) is 3.52. The van der Waals surface area contributed by atoms with Crippen LogP contribution >= 0.6 is 11.3 Å². The van der Waals surface area contributed by atoms with Crippen LogP contribution in [0.25, 0.3) is 10.4 Å². The molecule has 1 aromatic carbocycles. The minimum Gasteiger partial charge on any atom is -0.444 e. The van der Waals surface area contributed by atoms with Crippen LogP contribution in [0.1, 0.15) is 63.6 Å². The maximum atomic E-state index is 15.0. The van der Waals surface area contributed by atoms with Gasteiger partial charge in [0.2, 0.25) is 5.91 Å². The number of nitriles is 1. The van der Waals surface area contributed by atoms with Crippen molar-refractivity contribution < 1.29 is 18.7 Å². The molecular weight excluding hydrogens is 455 g/mol. The van der Waals surface area contributed by atoms with E-state index < -0.39 is 35.5 Å². The van der Waals surface area contributed by atoms with Gasteiger partial charge in [0.15, 0.2) is 0 Å². The molecule has 4 rings (SSSR count). The maximum absolute atomic E-state index is 15.0. The largest absolute Gasteiger partial charge is 0.444 e. The first-order valence-electron chi connectivity index (χ1n) is 11.6. The predicted molar refractivity (Wildman–Crippen MR) is 126 cm³/mol. The summed E-state index contributed by atoms with van der Waals surface area (Å²) in [4.78, 5) is 32.7. The SMILES string of the molecule is CCc1ncc(-c2ccc(C(C#N)NC(=O)[C@@H]3C4CC[C@H](C4)N3C(=O)OC(C)(C)C)c(F)c2)s1. The minimum atomic E-state index is -1.17. The Balaban J connectivity index is 1.52. The number of likely N-dealkylation sites (tertiary alicyclic amines) is 1. The zero-order valence-electron chi connectivity index (χ0n) is 19.8. The summed E-state index contributed by atoms with van der Waals surface area (Å²) in [5, 5.41) is 13.4. The Kier molecular flexibility index (Phi) is 6.63. The molecule has 180 valence electrons. The predicted octanol–water partition coefficient (Wildman–Crippen LogP) is 4.98. The third-order valence-corrected chi connectivity index (χ3v) is 7.52. The molecule has 4 atom stereocenters. The zero-order valence-corrected chi connectivity index (χ0v) is 20.6. The number of piperidine rings is 1. The summed E-state index contributed by atoms with van der Waals surface area (Å²) in [5.41, 5.74) is 0.0770. The van der Waals surface area contributed by atoms with Crippen molar-refractivity contribution in [3.05, 3.63) is 40.8 Å². The highest BCUT2D eigenvalue weighted by Crippen LogP contribution is 2.43. The summed E-state index contributed by atoms with van der Waals surface area (Å²) >= 11 is 1.49. The molecule has 1 aliphatic carbocycles. The van der Waals surface area contributed by atoms with Gasteiger partial charge in [0.05, 0.1) is 16.0 Å². The zero-order chi connectivity index (χ0) is 24.6. The minimum absolute atomic E-state index is 0.00294. The van der Waals surface area contributed by atoms with E-state index >= 15 is 4.39 Å². The first-order valence-corrected chi connectivity index (χ1v) is 12.4. The van der Waals surface area contributed by atoms with Crippen molar-refractivity contribution in [3.63, 3.8) is 0 Å². The average molecular weight is 485 g/mol. The molecule has 1 N–H and O–H groups in total. The lowest BCUT2D eigenvalue weighted by molar-refractivity contribution is -0.128. The third-order valence-electron chi connectivity index (χ3n) is 6.33. The normalized spacial score (nSPS) is 22.4.